The zero-order valence-electron chi connectivity index (χ0n) is 28.8. The first-order chi connectivity index (χ1) is 24.5. The molecule has 0 saturated heterocycles. The summed E-state index contributed by atoms with van der Waals surface area (Å²) in [5.74, 6) is 0.180. The zero-order valence-corrected chi connectivity index (χ0v) is 28.8. The van der Waals surface area contributed by atoms with Crippen molar-refractivity contribution >= 4 is 17.5 Å². The molecule has 6 aromatic carbocycles. The van der Waals surface area contributed by atoms with Crippen molar-refractivity contribution < 1.29 is 5.11 Å². The van der Waals surface area contributed by atoms with Crippen LogP contribution in [-0.4, -0.2) is 5.11 Å². The molecule has 2 nitrogen and oxygen atoms in total. The van der Waals surface area contributed by atoms with Gasteiger partial charge in [-0.05, 0) is 100 Å². The van der Waals surface area contributed by atoms with Crippen LogP contribution in [0.1, 0.15) is 41.7 Å². The van der Waals surface area contributed by atoms with Crippen LogP contribution in [0.25, 0.3) is 28.3 Å². The number of nitrogens with one attached hydrogen (secondary N) is 1. The van der Waals surface area contributed by atoms with E-state index >= 15 is 0 Å². The van der Waals surface area contributed by atoms with E-state index in [-0.39, 0.29) is 5.75 Å². The predicted octanol–water partition coefficient (Wildman–Crippen LogP) is 12.7. The van der Waals surface area contributed by atoms with Crippen molar-refractivity contribution in [1.82, 2.24) is 0 Å². The molecule has 2 N–H and O–H groups in total. The summed E-state index contributed by atoms with van der Waals surface area (Å²) in [4.78, 5) is 0. The van der Waals surface area contributed by atoms with Crippen LogP contribution >= 0.6 is 0 Å². The first-order valence-corrected chi connectivity index (χ1v) is 17.1. The molecule has 0 aliphatic carbocycles. The summed E-state index contributed by atoms with van der Waals surface area (Å²) >= 11 is 0. The Morgan fingerprint density at radius 3 is 2.04 bits per heavy atom. The number of aromatic hydroxyl groups is 1. The molecule has 0 aromatic heterocycles. The number of allylic oxidation sites excluding steroid dienone is 5. The molecule has 0 heterocycles. The summed E-state index contributed by atoms with van der Waals surface area (Å²) < 4.78 is 0. The van der Waals surface area contributed by atoms with Crippen LogP contribution in [-0.2, 0) is 11.8 Å². The van der Waals surface area contributed by atoms with Gasteiger partial charge in [-0.25, -0.2) is 0 Å². The van der Waals surface area contributed by atoms with Gasteiger partial charge in [-0.15, -0.1) is 0 Å². The lowest BCUT2D eigenvalue weighted by Gasteiger charge is -2.35. The molecule has 50 heavy (non-hydrogen) atoms. The Kier molecular flexibility index (Phi) is 10.4. The van der Waals surface area contributed by atoms with E-state index in [2.05, 4.69) is 147 Å². The van der Waals surface area contributed by atoms with E-state index in [0.29, 0.717) is 5.69 Å². The largest absolute Gasteiger partial charge is 0.506 e. The standard InChI is InChI=1S/C48H43NO/c1-5-8-23-39(7-3)48(4,40-24-13-10-14-25-40)45-34-46(47(50)33-44(45)37-20-11-9-12-21-37)49-41-30-28-35(29-31-41)32-38-22-16-18-27-43(38)42-26-17-15-19-36(42)6-2/h5-31,33-34,49-50H,2-3,32H2,1,4H3/b8-5-,39-23+. The maximum Gasteiger partial charge on any atom is 0.139 e. The summed E-state index contributed by atoms with van der Waals surface area (Å²) in [6, 6.07) is 50.2. The average molecular weight is 650 g/mol. The monoisotopic (exact) mass is 649 g/mol. The lowest BCUT2D eigenvalue weighted by atomic mass is 9.68. The molecule has 0 bridgehead atoms. The predicted molar refractivity (Wildman–Crippen MR) is 214 cm³/mol. The Morgan fingerprint density at radius 1 is 0.720 bits per heavy atom. The van der Waals surface area contributed by atoms with E-state index in [1.807, 2.05) is 61.5 Å². The Hall–Kier alpha value is -6.12. The maximum atomic E-state index is 11.5. The van der Waals surface area contributed by atoms with E-state index < -0.39 is 5.41 Å². The summed E-state index contributed by atoms with van der Waals surface area (Å²) in [5, 5.41) is 15.1. The zero-order chi connectivity index (χ0) is 34.9. The topological polar surface area (TPSA) is 32.3 Å². The van der Waals surface area contributed by atoms with Crippen molar-refractivity contribution in [2.45, 2.75) is 25.7 Å². The van der Waals surface area contributed by atoms with Crippen LogP contribution in [0.3, 0.4) is 0 Å². The number of phenolic OH excluding ortho intramolecular Hbond substituents is 1. The van der Waals surface area contributed by atoms with E-state index in [9.17, 15) is 5.11 Å². The molecule has 6 rings (SSSR count). The minimum Gasteiger partial charge on any atom is -0.506 e. The van der Waals surface area contributed by atoms with Gasteiger partial charge in [-0.3, -0.25) is 0 Å². The number of rotatable bonds is 12. The fourth-order valence-corrected chi connectivity index (χ4v) is 6.79. The molecule has 1 unspecified atom stereocenters. The highest BCUT2D eigenvalue weighted by Crippen LogP contribution is 2.47. The molecule has 246 valence electrons. The van der Waals surface area contributed by atoms with Crippen LogP contribution in [0.15, 0.2) is 189 Å². The third-order valence-corrected chi connectivity index (χ3v) is 9.49. The minimum atomic E-state index is -0.584. The maximum absolute atomic E-state index is 11.5. The summed E-state index contributed by atoms with van der Waals surface area (Å²) in [6.07, 6.45) is 10.9. The fourth-order valence-electron chi connectivity index (χ4n) is 6.79. The Morgan fingerprint density at radius 2 is 1.36 bits per heavy atom. The smallest absolute Gasteiger partial charge is 0.139 e. The van der Waals surface area contributed by atoms with Crippen LogP contribution in [0.2, 0.25) is 0 Å². The highest BCUT2D eigenvalue weighted by Gasteiger charge is 2.35. The van der Waals surface area contributed by atoms with Crippen molar-refractivity contribution in [2.75, 3.05) is 5.32 Å². The molecule has 0 spiro atoms. The number of phenols is 1. The average Bonchev–Trinajstić information content (AvgIpc) is 3.17. The van der Waals surface area contributed by atoms with Crippen LogP contribution in [0.5, 0.6) is 5.75 Å². The molecule has 0 amide bonds. The van der Waals surface area contributed by atoms with Gasteiger partial charge in [0.2, 0.25) is 0 Å². The van der Waals surface area contributed by atoms with Gasteiger partial charge in [0, 0.05) is 11.1 Å². The Labute approximate surface area is 297 Å². The summed E-state index contributed by atoms with van der Waals surface area (Å²) in [5.41, 5.74) is 12.1. The number of hydrogen-bond acceptors (Lipinski definition) is 2. The quantitative estimate of drug-likeness (QED) is 0.102. The fraction of sp³-hybridized carbons (Fsp3) is 0.0833. The van der Waals surface area contributed by atoms with E-state index in [4.69, 9.17) is 0 Å². The van der Waals surface area contributed by atoms with Gasteiger partial charge < -0.3 is 10.4 Å². The van der Waals surface area contributed by atoms with Crippen LogP contribution < -0.4 is 5.32 Å². The third kappa shape index (κ3) is 7.02. The van der Waals surface area contributed by atoms with Gasteiger partial charge in [0.25, 0.3) is 0 Å². The number of anilines is 2. The van der Waals surface area contributed by atoms with Gasteiger partial charge in [0.15, 0.2) is 0 Å². The first-order valence-electron chi connectivity index (χ1n) is 17.1. The molecule has 2 heteroatoms. The van der Waals surface area contributed by atoms with Crippen molar-refractivity contribution in [3.8, 4) is 28.0 Å². The van der Waals surface area contributed by atoms with Crippen LogP contribution in [0.4, 0.5) is 11.4 Å². The molecule has 0 fully saturated rings. The van der Waals surface area contributed by atoms with E-state index in [1.54, 1.807) is 0 Å². The molecular formula is C48H43NO. The van der Waals surface area contributed by atoms with Crippen LogP contribution in [0, 0.1) is 0 Å². The van der Waals surface area contributed by atoms with Crippen molar-refractivity contribution in [3.63, 3.8) is 0 Å². The van der Waals surface area contributed by atoms with Gasteiger partial charge in [-0.1, -0.05) is 165 Å². The molecule has 1 atom stereocenters. The molecule has 0 aliphatic heterocycles. The van der Waals surface area contributed by atoms with Crippen molar-refractivity contribution in [3.05, 3.63) is 216 Å². The molecule has 6 aromatic rings. The highest BCUT2D eigenvalue weighted by atomic mass is 16.3. The minimum absolute atomic E-state index is 0.180. The van der Waals surface area contributed by atoms with Gasteiger partial charge in [-0.2, -0.15) is 0 Å². The Balaban J connectivity index is 1.39. The SMILES string of the molecule is C=C/C(=C\C=C/C)C(C)(c1ccccc1)c1cc(Nc2ccc(Cc3ccccc3-c3ccccc3C=C)cc2)c(O)cc1-c1ccccc1. The first kappa shape index (κ1) is 33.8. The molecule has 0 aliphatic rings. The molecule has 0 radical (unpaired) electrons. The second kappa shape index (κ2) is 15.4. The summed E-state index contributed by atoms with van der Waals surface area (Å²) in [6.45, 7) is 12.5. The lowest BCUT2D eigenvalue weighted by molar-refractivity contribution is 0.477. The van der Waals surface area contributed by atoms with E-state index in [0.717, 1.165) is 45.5 Å². The van der Waals surface area contributed by atoms with Crippen molar-refractivity contribution in [1.29, 1.82) is 0 Å². The highest BCUT2D eigenvalue weighted by molar-refractivity contribution is 5.80. The second-order valence-corrected chi connectivity index (χ2v) is 12.6. The normalized spacial score (nSPS) is 12.7. The lowest BCUT2D eigenvalue weighted by Crippen LogP contribution is -2.27. The number of hydrogen-bond donors (Lipinski definition) is 2. The van der Waals surface area contributed by atoms with Gasteiger partial charge in [0.1, 0.15) is 5.75 Å². The Bertz CT molecular complexity index is 2160. The second-order valence-electron chi connectivity index (χ2n) is 12.6. The summed E-state index contributed by atoms with van der Waals surface area (Å²) in [7, 11) is 0. The van der Waals surface area contributed by atoms with Gasteiger partial charge >= 0.3 is 0 Å². The van der Waals surface area contributed by atoms with Crippen molar-refractivity contribution in [2.24, 2.45) is 0 Å². The third-order valence-electron chi connectivity index (χ3n) is 9.49. The number of benzene rings is 6. The van der Waals surface area contributed by atoms with E-state index in [1.165, 1.54) is 22.3 Å². The van der Waals surface area contributed by atoms with Gasteiger partial charge in [0.05, 0.1) is 5.69 Å². The molecule has 0 saturated carbocycles. The molecular weight excluding hydrogens is 607 g/mol.